The Bertz CT molecular complexity index is 1550. The fourth-order valence-corrected chi connectivity index (χ4v) is 5.38. The summed E-state index contributed by atoms with van der Waals surface area (Å²) in [7, 11) is 1.50. The Labute approximate surface area is 198 Å². The molecule has 0 saturated carbocycles. The summed E-state index contributed by atoms with van der Waals surface area (Å²) in [4.78, 5) is 19.7. The molecule has 0 aliphatic carbocycles. The highest BCUT2D eigenvalue weighted by atomic mass is 32.2. The van der Waals surface area contributed by atoms with Crippen molar-refractivity contribution in [3.8, 4) is 22.9 Å². The molecule has 9 heteroatoms. The Kier molecular flexibility index (Phi) is 4.84. The molecule has 0 spiro atoms. The first-order valence-electron chi connectivity index (χ1n) is 10.7. The fourth-order valence-electron chi connectivity index (χ4n) is 4.24. The topological polar surface area (TPSA) is 92.9 Å². The zero-order valence-corrected chi connectivity index (χ0v) is 18.9. The maximum atomic E-state index is 13.2. The number of phenolic OH excluding ortho intramolecular Hbond substituents is 1. The molecule has 6 rings (SSSR count). The lowest BCUT2D eigenvalue weighted by molar-refractivity contribution is -0.115. The molecule has 34 heavy (non-hydrogen) atoms. The van der Waals surface area contributed by atoms with Crippen molar-refractivity contribution < 1.29 is 14.6 Å². The van der Waals surface area contributed by atoms with Crippen molar-refractivity contribution in [1.29, 1.82) is 0 Å². The van der Waals surface area contributed by atoms with Gasteiger partial charge in [-0.3, -0.25) is 9.69 Å². The summed E-state index contributed by atoms with van der Waals surface area (Å²) in [6.07, 6.45) is 0. The maximum absolute atomic E-state index is 13.2. The van der Waals surface area contributed by atoms with Gasteiger partial charge in [-0.15, -0.1) is 22.0 Å². The number of aromatic hydroxyl groups is 1. The number of carbonyl (C=O) groups excluding carboxylic acids is 1. The highest BCUT2D eigenvalue weighted by Crippen LogP contribution is 2.44. The molecule has 1 N–H and O–H groups in total. The molecule has 2 aromatic heterocycles. The normalized spacial score (nSPS) is 16.0. The van der Waals surface area contributed by atoms with Crippen molar-refractivity contribution in [3.05, 3.63) is 78.4 Å². The standard InChI is InChI=1S/C25H19N5O3S/c1-33-20-13-16(11-12-19(20)31)24-29(21(32)14-34-24)25-28-27-23-17-9-5-6-10-18(17)26-22(30(23)25)15-7-3-2-4-8-15/h2-13,24,31H,14H2,1H3. The van der Waals surface area contributed by atoms with Crippen LogP contribution in [0.5, 0.6) is 11.5 Å². The van der Waals surface area contributed by atoms with E-state index in [1.54, 1.807) is 23.1 Å². The van der Waals surface area contributed by atoms with Crippen molar-refractivity contribution in [1.82, 2.24) is 19.6 Å². The van der Waals surface area contributed by atoms with E-state index in [-0.39, 0.29) is 17.0 Å². The molecular weight excluding hydrogens is 450 g/mol. The third-order valence-electron chi connectivity index (χ3n) is 5.83. The van der Waals surface area contributed by atoms with Crippen LogP contribution in [-0.2, 0) is 4.79 Å². The second kappa shape index (κ2) is 8.03. The van der Waals surface area contributed by atoms with E-state index >= 15 is 0 Å². The minimum Gasteiger partial charge on any atom is -0.504 e. The van der Waals surface area contributed by atoms with Gasteiger partial charge in [0.1, 0.15) is 11.2 Å². The summed E-state index contributed by atoms with van der Waals surface area (Å²) in [5.74, 6) is 1.66. The number of nitrogens with zero attached hydrogens (tertiary/aromatic N) is 5. The van der Waals surface area contributed by atoms with Crippen LogP contribution in [0.1, 0.15) is 10.9 Å². The number of methoxy groups -OCH3 is 1. The van der Waals surface area contributed by atoms with Gasteiger partial charge in [-0.05, 0) is 29.8 Å². The number of hydrogen-bond acceptors (Lipinski definition) is 7. The summed E-state index contributed by atoms with van der Waals surface area (Å²) >= 11 is 1.49. The molecule has 1 fully saturated rings. The second-order valence-corrected chi connectivity index (χ2v) is 8.90. The molecule has 5 aromatic rings. The Morgan fingerprint density at radius 1 is 1.03 bits per heavy atom. The lowest BCUT2D eigenvalue weighted by Crippen LogP contribution is -2.30. The van der Waals surface area contributed by atoms with Crippen molar-refractivity contribution in [2.45, 2.75) is 5.37 Å². The monoisotopic (exact) mass is 469 g/mol. The molecule has 168 valence electrons. The number of fused-ring (bicyclic) bond motifs is 3. The van der Waals surface area contributed by atoms with E-state index in [1.165, 1.54) is 18.9 Å². The van der Waals surface area contributed by atoms with Gasteiger partial charge in [0.15, 0.2) is 17.1 Å². The predicted octanol–water partition coefficient (Wildman–Crippen LogP) is 4.44. The summed E-state index contributed by atoms with van der Waals surface area (Å²) in [5.41, 5.74) is 3.14. The van der Waals surface area contributed by atoms with Crippen LogP contribution in [0.2, 0.25) is 0 Å². The van der Waals surface area contributed by atoms with Gasteiger partial charge < -0.3 is 9.84 Å². The summed E-state index contributed by atoms with van der Waals surface area (Å²) < 4.78 is 7.14. The number of amides is 1. The van der Waals surface area contributed by atoms with Crippen LogP contribution in [0.4, 0.5) is 5.95 Å². The van der Waals surface area contributed by atoms with Crippen LogP contribution in [0.3, 0.4) is 0 Å². The van der Waals surface area contributed by atoms with Crippen LogP contribution in [0.15, 0.2) is 72.8 Å². The van der Waals surface area contributed by atoms with Gasteiger partial charge in [0.05, 0.1) is 18.4 Å². The van der Waals surface area contributed by atoms with E-state index in [1.807, 2.05) is 59.0 Å². The minimum absolute atomic E-state index is 0.0436. The third-order valence-corrected chi connectivity index (χ3v) is 7.05. The number of ether oxygens (including phenoxy) is 1. The van der Waals surface area contributed by atoms with Gasteiger partial charge in [-0.2, -0.15) is 0 Å². The lowest BCUT2D eigenvalue weighted by Gasteiger charge is -2.23. The fraction of sp³-hybridized carbons (Fsp3) is 0.120. The maximum Gasteiger partial charge on any atom is 0.241 e. The van der Waals surface area contributed by atoms with Crippen LogP contribution >= 0.6 is 11.8 Å². The molecule has 1 atom stereocenters. The van der Waals surface area contributed by atoms with Crippen molar-refractivity contribution in [2.24, 2.45) is 0 Å². The number of hydrogen-bond donors (Lipinski definition) is 1. The highest BCUT2D eigenvalue weighted by molar-refractivity contribution is 8.00. The molecule has 8 nitrogen and oxygen atoms in total. The predicted molar refractivity (Wildman–Crippen MR) is 131 cm³/mol. The SMILES string of the molecule is COc1cc(C2SCC(=O)N2c2nnc3c4ccccc4nc(-c4ccccc4)n23)ccc1O. The summed E-state index contributed by atoms with van der Waals surface area (Å²) in [6, 6.07) is 22.7. The van der Waals surface area contributed by atoms with Crippen LogP contribution in [-0.4, -0.2) is 43.5 Å². The summed E-state index contributed by atoms with van der Waals surface area (Å²) in [6.45, 7) is 0. The Morgan fingerprint density at radius 3 is 2.65 bits per heavy atom. The van der Waals surface area contributed by atoms with E-state index in [0.29, 0.717) is 28.9 Å². The Morgan fingerprint density at radius 2 is 1.82 bits per heavy atom. The lowest BCUT2D eigenvalue weighted by atomic mass is 10.1. The van der Waals surface area contributed by atoms with E-state index < -0.39 is 0 Å². The smallest absolute Gasteiger partial charge is 0.241 e. The van der Waals surface area contributed by atoms with Crippen molar-refractivity contribution in [2.75, 3.05) is 17.8 Å². The number of thioether (sulfide) groups is 1. The van der Waals surface area contributed by atoms with E-state index in [2.05, 4.69) is 10.2 Å². The van der Waals surface area contributed by atoms with Gasteiger partial charge in [0.25, 0.3) is 0 Å². The number of phenols is 1. The molecular formula is C25H19N5O3S. The van der Waals surface area contributed by atoms with Gasteiger partial charge in [0.2, 0.25) is 11.9 Å². The molecule has 3 aromatic carbocycles. The molecule has 0 bridgehead atoms. The van der Waals surface area contributed by atoms with Crippen LogP contribution in [0.25, 0.3) is 27.9 Å². The minimum atomic E-state index is -0.357. The molecule has 1 unspecified atom stereocenters. The van der Waals surface area contributed by atoms with Crippen molar-refractivity contribution in [3.63, 3.8) is 0 Å². The largest absolute Gasteiger partial charge is 0.504 e. The first kappa shape index (κ1) is 20.5. The van der Waals surface area contributed by atoms with E-state index in [4.69, 9.17) is 9.72 Å². The zero-order valence-electron chi connectivity index (χ0n) is 18.1. The highest BCUT2D eigenvalue weighted by Gasteiger charge is 2.38. The molecule has 1 aliphatic rings. The average molecular weight is 470 g/mol. The van der Waals surface area contributed by atoms with Gasteiger partial charge in [-0.25, -0.2) is 9.38 Å². The summed E-state index contributed by atoms with van der Waals surface area (Å²) in [5, 5.41) is 19.5. The van der Waals surface area contributed by atoms with E-state index in [9.17, 15) is 9.90 Å². The Hall–Kier alpha value is -4.11. The first-order chi connectivity index (χ1) is 16.7. The van der Waals surface area contributed by atoms with Crippen molar-refractivity contribution >= 4 is 40.2 Å². The number of rotatable bonds is 4. The molecule has 1 amide bonds. The number of aromatic nitrogens is 4. The van der Waals surface area contributed by atoms with Crippen LogP contribution in [0, 0.1) is 0 Å². The molecule has 0 radical (unpaired) electrons. The number of anilines is 1. The quantitative estimate of drug-likeness (QED) is 0.416. The molecule has 1 aliphatic heterocycles. The van der Waals surface area contributed by atoms with Crippen LogP contribution < -0.4 is 9.64 Å². The van der Waals surface area contributed by atoms with E-state index in [0.717, 1.165) is 22.0 Å². The van der Waals surface area contributed by atoms with Gasteiger partial charge >= 0.3 is 0 Å². The first-order valence-corrected chi connectivity index (χ1v) is 11.7. The molecule has 3 heterocycles. The van der Waals surface area contributed by atoms with Gasteiger partial charge in [-0.1, -0.05) is 48.5 Å². The Balaban J connectivity index is 1.59. The third kappa shape index (κ3) is 3.16. The zero-order chi connectivity index (χ0) is 23.2. The number of carbonyl (C=O) groups is 1. The number of benzene rings is 3. The number of para-hydroxylation sites is 1. The average Bonchev–Trinajstić information content (AvgIpc) is 3.48. The van der Waals surface area contributed by atoms with Gasteiger partial charge in [0, 0.05) is 10.9 Å². The second-order valence-electron chi connectivity index (χ2n) is 7.84. The molecule has 1 saturated heterocycles.